The highest BCUT2D eigenvalue weighted by atomic mass is 32.6. The summed E-state index contributed by atoms with van der Waals surface area (Å²) in [4.78, 5) is 93.1. The number of esters is 8. The number of aliphatic hydroxyl groups is 2. The van der Waals surface area contributed by atoms with Crippen molar-refractivity contribution in [3.63, 3.8) is 0 Å². The van der Waals surface area contributed by atoms with E-state index in [9.17, 15) is 38.4 Å². The molecule has 2 saturated heterocycles. The molecule has 0 aliphatic carbocycles. The topological polar surface area (TPSA) is 288 Å². The first kappa shape index (κ1) is 55.5. The molecule has 0 amide bonds. The van der Waals surface area contributed by atoms with E-state index >= 15 is 0 Å². The largest absolute Gasteiger partial charge is 0.461 e. The Morgan fingerprint density at radius 2 is 0.852 bits per heavy atom. The Hall–Kier alpha value is -3.53. The zero-order chi connectivity index (χ0) is 46.9. The molecule has 2 fully saturated rings. The molecule has 25 heteroatoms. The summed E-state index contributed by atoms with van der Waals surface area (Å²) in [7, 11) is 2.20. The molecule has 0 aromatic rings. The number of hydrogen-bond acceptors (Lipinski definition) is 23. The van der Waals surface area contributed by atoms with Gasteiger partial charge in [-0.05, 0) is 66.2 Å². The van der Waals surface area contributed by atoms with Crippen molar-refractivity contribution >= 4 is 75.5 Å². The minimum atomic E-state index is -1.26. The first-order chi connectivity index (χ1) is 29.4. The number of carbonyl (C=O) groups is 8. The van der Waals surface area contributed by atoms with Gasteiger partial charge in [-0.3, -0.25) is 19.2 Å². The fourth-order valence-electron chi connectivity index (χ4n) is 4.47. The first-order valence-electron chi connectivity index (χ1n) is 19.7. The molecule has 8 unspecified atom stereocenters. The highest BCUT2D eigenvalue weighted by molar-refractivity contribution is 8.24. The summed E-state index contributed by atoms with van der Waals surface area (Å²) < 4.78 is 66.2. The van der Waals surface area contributed by atoms with Gasteiger partial charge in [-0.2, -0.15) is 0 Å². The number of hydrogen-bond donors (Lipinski definition) is 2. The van der Waals surface area contributed by atoms with Gasteiger partial charge in [0.2, 0.25) is 0 Å². The van der Waals surface area contributed by atoms with Crippen molar-refractivity contribution in [2.24, 2.45) is 0 Å². The third-order valence-corrected chi connectivity index (χ3v) is 7.35. The molecular formula is C36H59O22P2S+. The summed E-state index contributed by atoms with van der Waals surface area (Å²) in [6, 6.07) is 0. The van der Waals surface area contributed by atoms with Gasteiger partial charge in [-0.1, -0.05) is 0 Å². The second kappa shape index (κ2) is 36.0. The normalized spacial score (nSPS) is 18.1. The molecule has 0 spiro atoms. The van der Waals surface area contributed by atoms with E-state index in [1.165, 1.54) is 27.7 Å². The maximum Gasteiger partial charge on any atom is 0.355 e. The Labute approximate surface area is 363 Å². The Morgan fingerprint density at radius 1 is 0.574 bits per heavy atom. The summed E-state index contributed by atoms with van der Waals surface area (Å²) >= 11 is 4.31. The predicted octanol–water partition coefficient (Wildman–Crippen LogP) is 0.641. The van der Waals surface area contributed by atoms with Crippen LogP contribution in [0.25, 0.3) is 0 Å². The second-order valence-corrected chi connectivity index (χ2v) is 15.2. The van der Waals surface area contributed by atoms with E-state index in [0.29, 0.717) is 13.2 Å². The van der Waals surface area contributed by atoms with Crippen LogP contribution < -0.4 is 0 Å². The van der Waals surface area contributed by atoms with Gasteiger partial charge in [-0.15, -0.1) is 0 Å². The molecule has 0 saturated carbocycles. The lowest BCUT2D eigenvalue weighted by Crippen LogP contribution is -2.31. The predicted molar refractivity (Wildman–Crippen MR) is 214 cm³/mol. The number of aliphatic hydroxyl groups excluding tert-OH is 2. The van der Waals surface area contributed by atoms with Crippen LogP contribution in [-0.4, -0.2) is 162 Å². The molecule has 8 atom stereocenters. The van der Waals surface area contributed by atoms with Gasteiger partial charge in [0, 0.05) is 13.2 Å². The molecule has 0 aromatic carbocycles. The van der Waals surface area contributed by atoms with Gasteiger partial charge in [0.15, 0.2) is 55.8 Å². The molecule has 2 rings (SSSR count). The Balaban J connectivity index is 0.00000119. The SMILES string of the molecule is CC(OC(=O)CC(=O)OC(C)C(=O)OCCO)C(=O)OCCO.CC(OC(=O)CC(=O)OC(C)C(=O)OCCOC1CCCCO1)C(=O)OCCOC1CCCCO1.[3H][P+](P)=S. The maximum atomic E-state index is 11.9. The van der Waals surface area contributed by atoms with Crippen LogP contribution in [0.5, 0.6) is 0 Å². The molecule has 2 aliphatic rings. The van der Waals surface area contributed by atoms with E-state index in [4.69, 9.17) is 49.4 Å². The molecule has 61 heavy (non-hydrogen) atoms. The lowest BCUT2D eigenvalue weighted by Gasteiger charge is -2.22. The summed E-state index contributed by atoms with van der Waals surface area (Å²) in [6.07, 6.45) is -1.53. The third-order valence-electron chi connectivity index (χ3n) is 7.35. The van der Waals surface area contributed by atoms with Crippen LogP contribution in [0.1, 0.15) is 79.1 Å². The van der Waals surface area contributed by atoms with E-state index in [-0.39, 0.29) is 65.4 Å². The van der Waals surface area contributed by atoms with Crippen LogP contribution in [0.4, 0.5) is 0 Å². The van der Waals surface area contributed by atoms with Crippen LogP contribution in [-0.2, 0) is 107 Å². The summed E-state index contributed by atoms with van der Waals surface area (Å²) in [5.74, 6) is -7.38. The van der Waals surface area contributed by atoms with Crippen LogP contribution >= 0.6 is 15.9 Å². The van der Waals surface area contributed by atoms with Crippen LogP contribution in [0.3, 0.4) is 0 Å². The quantitative estimate of drug-likeness (QED) is 0.0441. The van der Waals surface area contributed by atoms with Gasteiger partial charge < -0.3 is 67.1 Å². The molecular weight excluding hydrogens is 878 g/mol. The molecule has 2 heterocycles. The lowest BCUT2D eigenvalue weighted by molar-refractivity contribution is -0.182. The number of ether oxygens (including phenoxy) is 12. The molecule has 2 aliphatic heterocycles. The average molecular weight is 940 g/mol. The van der Waals surface area contributed by atoms with Crippen molar-refractivity contribution in [1.29, 1.82) is 1.28 Å². The number of carbonyl (C=O) groups excluding carboxylic acids is 8. The summed E-state index contributed by atoms with van der Waals surface area (Å²) in [6.45, 7) is 4.54. The summed E-state index contributed by atoms with van der Waals surface area (Å²) in [5.41, 5.74) is 0. The minimum Gasteiger partial charge on any atom is -0.461 e. The molecule has 0 aromatic heterocycles. The van der Waals surface area contributed by atoms with Gasteiger partial charge in [0.1, 0.15) is 39.3 Å². The highest BCUT2D eigenvalue weighted by Gasteiger charge is 2.27. The molecule has 0 bridgehead atoms. The molecule has 2 N–H and O–H groups in total. The van der Waals surface area contributed by atoms with Crippen molar-refractivity contribution in [3.05, 3.63) is 0 Å². The van der Waals surface area contributed by atoms with Crippen molar-refractivity contribution in [3.8, 4) is 0 Å². The van der Waals surface area contributed by atoms with Crippen molar-refractivity contribution in [1.82, 2.24) is 0 Å². The fraction of sp³-hybridized carbons (Fsp3) is 0.778. The first-order valence-corrected chi connectivity index (χ1v) is 22.8. The Kier molecular flexibility index (Phi) is 32.7. The van der Waals surface area contributed by atoms with Gasteiger partial charge >= 0.3 is 49.0 Å². The van der Waals surface area contributed by atoms with Gasteiger partial charge in [0.05, 0.1) is 35.4 Å². The van der Waals surface area contributed by atoms with E-state index < -0.39 is 92.0 Å². The smallest absolute Gasteiger partial charge is 0.355 e. The molecule has 22 nitrogen and oxygen atoms in total. The molecule has 350 valence electrons. The van der Waals surface area contributed by atoms with Crippen molar-refractivity contribution in [2.75, 3.05) is 66.1 Å². The van der Waals surface area contributed by atoms with Gasteiger partial charge in [0.25, 0.3) is 0 Å². The fourth-order valence-corrected chi connectivity index (χ4v) is 4.47. The zero-order valence-corrected chi connectivity index (χ0v) is 37.5. The van der Waals surface area contributed by atoms with Crippen LogP contribution in [0.2, 0.25) is 0 Å². The third kappa shape index (κ3) is 30.2. The van der Waals surface area contributed by atoms with E-state index in [1.807, 2.05) is 0 Å². The molecule has 0 radical (unpaired) electrons. The van der Waals surface area contributed by atoms with Crippen LogP contribution in [0, 0.1) is 0 Å². The second-order valence-electron chi connectivity index (χ2n) is 12.4. The monoisotopic (exact) mass is 939 g/mol. The van der Waals surface area contributed by atoms with Crippen molar-refractivity contribution in [2.45, 2.75) is 116 Å². The standard InChI is InChI=1S/C23H36O12.C13H20O10.H2P2S/c1-16(22(26)32-13-11-30-20-7-3-5-9-28-20)34-18(24)15-19(25)35-17(2)23(27)33-14-12-31-21-8-4-6-10-29-21;1-8(12(18)20-5-3-14)22-10(16)7-11(17)23-9(2)13(19)21-6-4-15;1-2-3/h16-17,20-21H,3-15H2,1-2H3;8-9,14-15H,3-7H2,1-2H3;1H2/p+1/i/hT. The van der Waals surface area contributed by atoms with Crippen LogP contribution in [0.15, 0.2) is 0 Å². The summed E-state index contributed by atoms with van der Waals surface area (Å²) in [5, 5.41) is 17.0. The highest BCUT2D eigenvalue weighted by Crippen LogP contribution is 2.14. The average Bonchev–Trinajstić information content (AvgIpc) is 3.22. The minimum absolute atomic E-state index is 0.0268. The number of rotatable bonds is 24. The zero-order valence-electron chi connectivity index (χ0n) is 35.7. The Bertz CT molecular complexity index is 1300. The van der Waals surface area contributed by atoms with Gasteiger partial charge in [-0.25, -0.2) is 19.2 Å². The van der Waals surface area contributed by atoms with Crippen molar-refractivity contribution < 1.29 is 105 Å². The maximum absolute atomic E-state index is 11.9. The van der Waals surface area contributed by atoms with E-state index in [0.717, 1.165) is 38.5 Å². The Morgan fingerprint density at radius 3 is 1.10 bits per heavy atom. The van der Waals surface area contributed by atoms with E-state index in [1.54, 1.807) is 0 Å². The lowest BCUT2D eigenvalue weighted by atomic mass is 10.2. The van der Waals surface area contributed by atoms with E-state index in [2.05, 4.69) is 39.7 Å².